The summed E-state index contributed by atoms with van der Waals surface area (Å²) in [7, 11) is 1.81. The minimum Gasteiger partial charge on any atom is -0.477 e. The number of aryl methyl sites for hydroxylation is 2. The summed E-state index contributed by atoms with van der Waals surface area (Å²) < 4.78 is 7.42. The van der Waals surface area contributed by atoms with Crippen LogP contribution in [0.3, 0.4) is 0 Å². The Morgan fingerprint density at radius 1 is 1.47 bits per heavy atom. The maximum absolute atomic E-state index is 7.55. The highest BCUT2D eigenvalue weighted by Gasteiger charge is 2.18. The number of nitrogens with one attached hydrogen (secondary N) is 1. The summed E-state index contributed by atoms with van der Waals surface area (Å²) in [5.41, 5.74) is 6.90. The molecule has 5 heteroatoms. The van der Waals surface area contributed by atoms with Gasteiger partial charge in [-0.2, -0.15) is 5.10 Å². The number of nitrogen functional groups attached to an aromatic ring is 1. The lowest BCUT2D eigenvalue weighted by atomic mass is 10.1. The molecule has 17 heavy (non-hydrogen) atoms. The summed E-state index contributed by atoms with van der Waals surface area (Å²) in [6.07, 6.45) is 2.17. The normalized spacial score (nSPS) is 10.9. The molecule has 0 aliphatic heterocycles. The van der Waals surface area contributed by atoms with Crippen molar-refractivity contribution in [3.8, 4) is 5.88 Å². The zero-order valence-corrected chi connectivity index (χ0v) is 11.1. The van der Waals surface area contributed by atoms with Gasteiger partial charge in [0, 0.05) is 7.05 Å². The largest absolute Gasteiger partial charge is 0.477 e. The molecule has 3 N–H and O–H groups in total. The number of hydrogen-bond donors (Lipinski definition) is 2. The van der Waals surface area contributed by atoms with Crippen molar-refractivity contribution in [2.45, 2.75) is 33.6 Å². The van der Waals surface area contributed by atoms with E-state index in [0.717, 1.165) is 18.5 Å². The fraction of sp³-hybridized carbons (Fsp3) is 0.667. The Kier molecular flexibility index (Phi) is 4.54. The molecule has 1 aromatic rings. The lowest BCUT2D eigenvalue weighted by molar-refractivity contribution is 0.223. The molecule has 0 spiro atoms. The molecular formula is C12H22N4O. The standard InChI is InChI=1S/C12H22N4O/c1-5-9(6-2)7-17-12-10(11(13)14)8(3)15-16(12)4/h9H,5-7H2,1-4H3,(H3,13,14). The van der Waals surface area contributed by atoms with E-state index in [-0.39, 0.29) is 5.84 Å². The zero-order valence-electron chi connectivity index (χ0n) is 11.1. The Hall–Kier alpha value is -1.52. The van der Waals surface area contributed by atoms with Crippen LogP contribution in [-0.4, -0.2) is 22.2 Å². The van der Waals surface area contributed by atoms with E-state index in [9.17, 15) is 0 Å². The van der Waals surface area contributed by atoms with Gasteiger partial charge in [-0.15, -0.1) is 0 Å². The first-order valence-electron chi connectivity index (χ1n) is 6.01. The van der Waals surface area contributed by atoms with Gasteiger partial charge in [-0.25, -0.2) is 4.68 Å². The average Bonchev–Trinajstić information content (AvgIpc) is 2.55. The minimum absolute atomic E-state index is 0.00940. The third-order valence-corrected chi connectivity index (χ3v) is 3.05. The third kappa shape index (κ3) is 2.99. The van der Waals surface area contributed by atoms with Gasteiger partial charge in [-0.3, -0.25) is 5.41 Å². The van der Waals surface area contributed by atoms with Crippen molar-refractivity contribution < 1.29 is 4.74 Å². The second kappa shape index (κ2) is 5.70. The molecule has 1 aromatic heterocycles. The predicted octanol–water partition coefficient (Wildman–Crippen LogP) is 1.83. The van der Waals surface area contributed by atoms with E-state index in [1.54, 1.807) is 4.68 Å². The van der Waals surface area contributed by atoms with E-state index in [1.807, 2.05) is 14.0 Å². The molecule has 0 aliphatic rings. The summed E-state index contributed by atoms with van der Waals surface area (Å²) in [6.45, 7) is 6.78. The Balaban J connectivity index is 2.86. The lowest BCUT2D eigenvalue weighted by Crippen LogP contribution is -2.17. The summed E-state index contributed by atoms with van der Waals surface area (Å²) in [5.74, 6) is 1.14. The Morgan fingerprint density at radius 2 is 2.06 bits per heavy atom. The van der Waals surface area contributed by atoms with Gasteiger partial charge < -0.3 is 10.5 Å². The van der Waals surface area contributed by atoms with Crippen LogP contribution in [0.25, 0.3) is 0 Å². The van der Waals surface area contributed by atoms with Crippen LogP contribution in [0, 0.1) is 18.3 Å². The van der Waals surface area contributed by atoms with Crippen LogP contribution in [0.4, 0.5) is 0 Å². The van der Waals surface area contributed by atoms with Crippen LogP contribution in [0.5, 0.6) is 5.88 Å². The van der Waals surface area contributed by atoms with E-state index in [0.29, 0.717) is 24.0 Å². The minimum atomic E-state index is 0.00940. The van der Waals surface area contributed by atoms with E-state index in [4.69, 9.17) is 15.9 Å². The summed E-state index contributed by atoms with van der Waals surface area (Å²) in [6, 6.07) is 0. The topological polar surface area (TPSA) is 76.9 Å². The van der Waals surface area contributed by atoms with Gasteiger partial charge in [0.2, 0.25) is 5.88 Å². The van der Waals surface area contributed by atoms with Crippen molar-refractivity contribution >= 4 is 5.84 Å². The molecule has 96 valence electrons. The lowest BCUT2D eigenvalue weighted by Gasteiger charge is -2.14. The zero-order chi connectivity index (χ0) is 13.0. The number of rotatable bonds is 6. The van der Waals surface area contributed by atoms with E-state index < -0.39 is 0 Å². The quantitative estimate of drug-likeness (QED) is 0.586. The molecule has 0 atom stereocenters. The molecule has 0 fully saturated rings. The molecule has 0 amide bonds. The second-order valence-electron chi connectivity index (χ2n) is 4.30. The van der Waals surface area contributed by atoms with Gasteiger partial charge in [-0.1, -0.05) is 26.7 Å². The second-order valence-corrected chi connectivity index (χ2v) is 4.30. The Labute approximate surface area is 102 Å². The van der Waals surface area contributed by atoms with Crippen molar-refractivity contribution in [3.05, 3.63) is 11.3 Å². The number of nitrogens with zero attached hydrogens (tertiary/aromatic N) is 2. The molecule has 0 aliphatic carbocycles. The van der Waals surface area contributed by atoms with Gasteiger partial charge >= 0.3 is 0 Å². The fourth-order valence-corrected chi connectivity index (χ4v) is 1.83. The molecule has 0 saturated carbocycles. The Morgan fingerprint density at radius 3 is 2.53 bits per heavy atom. The highest BCUT2D eigenvalue weighted by Crippen LogP contribution is 2.22. The summed E-state index contributed by atoms with van der Waals surface area (Å²) >= 11 is 0. The van der Waals surface area contributed by atoms with Crippen LogP contribution in [0.2, 0.25) is 0 Å². The molecular weight excluding hydrogens is 216 g/mol. The van der Waals surface area contributed by atoms with Gasteiger partial charge in [0.05, 0.1) is 12.3 Å². The van der Waals surface area contributed by atoms with Gasteiger partial charge in [0.25, 0.3) is 0 Å². The van der Waals surface area contributed by atoms with E-state index in [2.05, 4.69) is 18.9 Å². The van der Waals surface area contributed by atoms with Crippen LogP contribution in [0.15, 0.2) is 0 Å². The van der Waals surface area contributed by atoms with Crippen LogP contribution >= 0.6 is 0 Å². The summed E-state index contributed by atoms with van der Waals surface area (Å²) in [5, 5.41) is 11.8. The van der Waals surface area contributed by atoms with Crippen molar-refractivity contribution in [3.63, 3.8) is 0 Å². The van der Waals surface area contributed by atoms with Crippen molar-refractivity contribution in [1.82, 2.24) is 9.78 Å². The van der Waals surface area contributed by atoms with E-state index >= 15 is 0 Å². The number of ether oxygens (including phenoxy) is 1. The molecule has 1 heterocycles. The highest BCUT2D eigenvalue weighted by atomic mass is 16.5. The molecule has 0 saturated heterocycles. The number of aromatic nitrogens is 2. The number of hydrogen-bond acceptors (Lipinski definition) is 3. The van der Waals surface area contributed by atoms with Crippen LogP contribution in [0.1, 0.15) is 37.9 Å². The van der Waals surface area contributed by atoms with Gasteiger partial charge in [-0.05, 0) is 12.8 Å². The highest BCUT2D eigenvalue weighted by molar-refractivity contribution is 5.98. The molecule has 0 aromatic carbocycles. The molecule has 1 rings (SSSR count). The van der Waals surface area contributed by atoms with Crippen LogP contribution in [-0.2, 0) is 7.05 Å². The summed E-state index contributed by atoms with van der Waals surface area (Å²) in [4.78, 5) is 0. The van der Waals surface area contributed by atoms with Gasteiger partial charge in [0.15, 0.2) is 0 Å². The average molecular weight is 238 g/mol. The van der Waals surface area contributed by atoms with Gasteiger partial charge in [0.1, 0.15) is 11.4 Å². The van der Waals surface area contributed by atoms with Crippen molar-refractivity contribution in [1.29, 1.82) is 5.41 Å². The fourth-order valence-electron chi connectivity index (χ4n) is 1.83. The first-order valence-corrected chi connectivity index (χ1v) is 6.01. The Bertz CT molecular complexity index is 393. The molecule has 0 radical (unpaired) electrons. The van der Waals surface area contributed by atoms with E-state index in [1.165, 1.54) is 0 Å². The number of amidine groups is 1. The third-order valence-electron chi connectivity index (χ3n) is 3.05. The number of nitrogens with two attached hydrogens (primary N) is 1. The molecule has 0 bridgehead atoms. The molecule has 0 unspecified atom stereocenters. The monoisotopic (exact) mass is 238 g/mol. The van der Waals surface area contributed by atoms with Crippen molar-refractivity contribution in [2.24, 2.45) is 18.7 Å². The smallest absolute Gasteiger partial charge is 0.223 e. The first kappa shape index (κ1) is 13.5. The SMILES string of the molecule is CCC(CC)COc1c(C(=N)N)c(C)nn1C. The first-order chi connectivity index (χ1) is 8.01. The van der Waals surface area contributed by atoms with Crippen molar-refractivity contribution in [2.75, 3.05) is 6.61 Å². The predicted molar refractivity (Wildman–Crippen MR) is 68.5 cm³/mol. The van der Waals surface area contributed by atoms with Crippen LogP contribution < -0.4 is 10.5 Å². The maximum atomic E-state index is 7.55. The molecule has 5 nitrogen and oxygen atoms in total. The maximum Gasteiger partial charge on any atom is 0.223 e.